The zero-order valence-corrected chi connectivity index (χ0v) is 28.7. The van der Waals surface area contributed by atoms with Gasteiger partial charge in [-0.15, -0.1) is 0 Å². The van der Waals surface area contributed by atoms with E-state index in [2.05, 4.69) is 39.4 Å². The molecule has 1 aliphatic heterocycles. The molecule has 254 valence electrons. The molecule has 6 rings (SSSR count). The van der Waals surface area contributed by atoms with Crippen molar-refractivity contribution in [1.29, 1.82) is 0 Å². The van der Waals surface area contributed by atoms with Crippen LogP contribution in [0.1, 0.15) is 35.4 Å². The Bertz CT molecular complexity index is 1800. The first-order chi connectivity index (χ1) is 24.1. The molecule has 0 atom stereocenters. The highest BCUT2D eigenvalue weighted by molar-refractivity contribution is 6.31. The van der Waals surface area contributed by atoms with Crippen molar-refractivity contribution in [1.82, 2.24) is 19.8 Å². The number of nitrogens with one attached hydrogen (secondary N) is 1. The number of nitrogens with zero attached hydrogens (tertiary/aromatic N) is 4. The van der Waals surface area contributed by atoms with E-state index in [0.717, 1.165) is 98.6 Å². The molecule has 0 spiro atoms. The van der Waals surface area contributed by atoms with Crippen LogP contribution in [-0.2, 0) is 13.2 Å². The fraction of sp³-hybridized carbons (Fsp3) is 0.300. The van der Waals surface area contributed by atoms with E-state index < -0.39 is 0 Å². The van der Waals surface area contributed by atoms with E-state index in [4.69, 9.17) is 36.8 Å². The number of halogens is 1. The maximum absolute atomic E-state index is 6.38. The fourth-order valence-corrected chi connectivity index (χ4v) is 6.06. The minimum Gasteiger partial charge on any atom is -0.485 e. The molecule has 1 fully saturated rings. The maximum Gasteiger partial charge on any atom is 0.162 e. The fourth-order valence-electron chi connectivity index (χ4n) is 5.89. The van der Waals surface area contributed by atoms with E-state index in [-0.39, 0.29) is 0 Å². The second-order valence-corrected chi connectivity index (χ2v) is 12.7. The zero-order chi connectivity index (χ0) is 33.7. The van der Waals surface area contributed by atoms with Crippen LogP contribution in [-0.4, -0.2) is 72.1 Å². The monoisotopic (exact) mass is 676 g/mol. The molecule has 1 aromatic heterocycles. The quantitative estimate of drug-likeness (QED) is 0.105. The molecule has 0 saturated carbocycles. The number of anilines is 1. The summed E-state index contributed by atoms with van der Waals surface area (Å²) in [5.74, 6) is 2.77. The van der Waals surface area contributed by atoms with E-state index in [1.54, 1.807) is 0 Å². The molecule has 4 aromatic carbocycles. The molecule has 3 N–H and O–H groups in total. The van der Waals surface area contributed by atoms with Crippen molar-refractivity contribution in [3.63, 3.8) is 0 Å². The van der Waals surface area contributed by atoms with Gasteiger partial charge in [0.05, 0.1) is 5.52 Å². The Labute approximate surface area is 294 Å². The lowest BCUT2D eigenvalue weighted by atomic mass is 10.1. The predicted octanol–water partition coefficient (Wildman–Crippen LogP) is 7.38. The van der Waals surface area contributed by atoms with Crippen molar-refractivity contribution in [2.45, 2.75) is 26.1 Å². The van der Waals surface area contributed by atoms with Crippen LogP contribution in [0.2, 0.25) is 5.02 Å². The summed E-state index contributed by atoms with van der Waals surface area (Å²) in [7, 11) is 0. The van der Waals surface area contributed by atoms with E-state index in [1.807, 2.05) is 84.9 Å². The van der Waals surface area contributed by atoms with E-state index in [1.165, 1.54) is 0 Å². The lowest BCUT2D eigenvalue weighted by Crippen LogP contribution is -2.47. The average Bonchev–Trinajstić information content (AvgIpc) is 3.14. The average molecular weight is 677 g/mol. The van der Waals surface area contributed by atoms with Gasteiger partial charge in [-0.1, -0.05) is 84.4 Å². The molecular weight excluding hydrogens is 632 g/mol. The van der Waals surface area contributed by atoms with Gasteiger partial charge in [-0.05, 0) is 85.6 Å². The maximum atomic E-state index is 6.38. The van der Waals surface area contributed by atoms with Crippen molar-refractivity contribution < 1.29 is 9.47 Å². The van der Waals surface area contributed by atoms with E-state index in [0.29, 0.717) is 35.6 Å². The van der Waals surface area contributed by atoms with Crippen molar-refractivity contribution >= 4 is 40.5 Å². The first-order valence-corrected chi connectivity index (χ1v) is 17.5. The van der Waals surface area contributed by atoms with Crippen molar-refractivity contribution in [2.75, 3.05) is 57.7 Å². The van der Waals surface area contributed by atoms with Crippen LogP contribution < -0.4 is 20.5 Å². The van der Waals surface area contributed by atoms with Gasteiger partial charge in [0.25, 0.3) is 0 Å². The minimum absolute atomic E-state index is 0.435. The molecule has 0 radical (unpaired) electrons. The predicted molar refractivity (Wildman–Crippen MR) is 201 cm³/mol. The normalized spacial score (nSPS) is 14.0. The first-order valence-electron chi connectivity index (χ1n) is 17.1. The second kappa shape index (κ2) is 17.8. The number of hydrogen-bond acceptors (Lipinski definition) is 8. The topological polar surface area (TPSA) is 88.8 Å². The van der Waals surface area contributed by atoms with Gasteiger partial charge in [0.15, 0.2) is 17.3 Å². The highest BCUT2D eigenvalue weighted by atomic mass is 35.5. The molecule has 0 amide bonds. The summed E-state index contributed by atoms with van der Waals surface area (Å²) in [6.45, 7) is 9.06. The summed E-state index contributed by atoms with van der Waals surface area (Å²) in [6.07, 6.45) is 6.02. The highest BCUT2D eigenvalue weighted by Gasteiger charge is 2.16. The lowest BCUT2D eigenvalue weighted by molar-refractivity contribution is 0.132. The Hall–Kier alpha value is -4.47. The van der Waals surface area contributed by atoms with Gasteiger partial charge in [0.2, 0.25) is 0 Å². The van der Waals surface area contributed by atoms with Crippen LogP contribution in [0.4, 0.5) is 5.82 Å². The Morgan fingerprint density at radius 2 is 1.37 bits per heavy atom. The van der Waals surface area contributed by atoms with Gasteiger partial charge < -0.3 is 30.3 Å². The first kappa shape index (κ1) is 34.4. The third kappa shape index (κ3) is 10.3. The van der Waals surface area contributed by atoms with Crippen LogP contribution in [0.3, 0.4) is 0 Å². The standard InChI is InChI=1S/C40H45ClN6O2/c41-34-15-16-35-36(28-34)44-39(45-40(35)43-20-8-22-47-25-23-46(24-26-47)21-7-19-42)18-14-31-13-17-37(48-29-32-9-3-1-4-10-32)38(27-31)49-30-33-11-5-2-6-12-33/h1-6,9-18,27-28H,7-8,19-26,29-30,42H2,(H,43,44,45)/b18-14+. The number of ether oxygens (including phenoxy) is 2. The number of rotatable bonds is 16. The summed E-state index contributed by atoms with van der Waals surface area (Å²) in [5, 5.41) is 5.18. The number of piperazine rings is 1. The number of nitrogens with two attached hydrogens (primary N) is 1. The summed E-state index contributed by atoms with van der Waals surface area (Å²) < 4.78 is 12.5. The molecule has 0 unspecified atom stereocenters. The Morgan fingerprint density at radius 1 is 0.714 bits per heavy atom. The van der Waals surface area contributed by atoms with Gasteiger partial charge in [-0.2, -0.15) is 0 Å². The largest absolute Gasteiger partial charge is 0.485 e. The van der Waals surface area contributed by atoms with Gasteiger partial charge in [0.1, 0.15) is 19.0 Å². The molecule has 49 heavy (non-hydrogen) atoms. The number of aromatic nitrogens is 2. The molecule has 9 heteroatoms. The van der Waals surface area contributed by atoms with Gasteiger partial charge >= 0.3 is 0 Å². The van der Waals surface area contributed by atoms with Crippen LogP contribution in [0.15, 0.2) is 97.1 Å². The molecule has 1 saturated heterocycles. The third-order valence-electron chi connectivity index (χ3n) is 8.63. The van der Waals surface area contributed by atoms with E-state index in [9.17, 15) is 0 Å². The van der Waals surface area contributed by atoms with Crippen LogP contribution >= 0.6 is 11.6 Å². The SMILES string of the molecule is NCCCN1CCN(CCCNc2nc(/C=C/c3ccc(OCc4ccccc4)c(OCc4ccccc4)c3)nc3cc(Cl)ccc23)CC1. The van der Waals surface area contributed by atoms with Crippen molar-refractivity contribution in [3.05, 3.63) is 125 Å². The summed E-state index contributed by atoms with van der Waals surface area (Å²) in [4.78, 5) is 14.8. The molecular formula is C40H45ClN6O2. The lowest BCUT2D eigenvalue weighted by Gasteiger charge is -2.34. The molecule has 0 aliphatic carbocycles. The zero-order valence-electron chi connectivity index (χ0n) is 27.9. The molecule has 1 aliphatic rings. The van der Waals surface area contributed by atoms with Gasteiger partial charge in [0, 0.05) is 43.1 Å². The van der Waals surface area contributed by atoms with Crippen LogP contribution in [0, 0.1) is 0 Å². The smallest absolute Gasteiger partial charge is 0.162 e. The summed E-state index contributed by atoms with van der Waals surface area (Å²) in [6, 6.07) is 32.0. The Balaban J connectivity index is 1.14. The summed E-state index contributed by atoms with van der Waals surface area (Å²) >= 11 is 6.38. The van der Waals surface area contributed by atoms with Crippen molar-refractivity contribution in [3.8, 4) is 11.5 Å². The van der Waals surface area contributed by atoms with Crippen LogP contribution in [0.5, 0.6) is 11.5 Å². The number of fused-ring (bicyclic) bond motifs is 1. The van der Waals surface area contributed by atoms with Gasteiger partial charge in [-0.3, -0.25) is 0 Å². The Kier molecular flexibility index (Phi) is 12.5. The highest BCUT2D eigenvalue weighted by Crippen LogP contribution is 2.31. The van der Waals surface area contributed by atoms with Crippen LogP contribution in [0.25, 0.3) is 23.1 Å². The minimum atomic E-state index is 0.435. The molecule has 8 nitrogen and oxygen atoms in total. The Morgan fingerprint density at radius 3 is 2.04 bits per heavy atom. The number of benzene rings is 4. The molecule has 2 heterocycles. The third-order valence-corrected chi connectivity index (χ3v) is 8.87. The molecule has 0 bridgehead atoms. The van der Waals surface area contributed by atoms with E-state index >= 15 is 0 Å². The molecule has 5 aromatic rings. The second-order valence-electron chi connectivity index (χ2n) is 12.3. The number of hydrogen-bond donors (Lipinski definition) is 2. The van der Waals surface area contributed by atoms with Gasteiger partial charge in [-0.25, -0.2) is 9.97 Å². The summed E-state index contributed by atoms with van der Waals surface area (Å²) in [5.41, 5.74) is 9.61. The van der Waals surface area contributed by atoms with Crippen molar-refractivity contribution in [2.24, 2.45) is 5.73 Å².